The fourth-order valence-corrected chi connectivity index (χ4v) is 1.72. The molecule has 0 saturated heterocycles. The third kappa shape index (κ3) is 2.61. The summed E-state index contributed by atoms with van der Waals surface area (Å²) in [5.41, 5.74) is 0.795. The first-order valence-electron chi connectivity index (χ1n) is 4.88. The Kier molecular flexibility index (Phi) is 3.57. The monoisotopic (exact) mass is 280 g/mol. The van der Waals surface area contributed by atoms with Crippen LogP contribution in [0.4, 0.5) is 4.39 Å². The minimum atomic E-state index is -0.269. The summed E-state index contributed by atoms with van der Waals surface area (Å²) in [6, 6.07) is 14.4. The predicted molar refractivity (Wildman–Crippen MR) is 64.9 cm³/mol. The maximum absolute atomic E-state index is 13.2. The molecule has 3 heteroatoms. The van der Waals surface area contributed by atoms with Crippen molar-refractivity contribution in [2.45, 2.75) is 6.61 Å². The number of para-hydroxylation sites is 1. The molecule has 2 rings (SSSR count). The highest BCUT2D eigenvalue weighted by Crippen LogP contribution is 2.22. The van der Waals surface area contributed by atoms with Gasteiger partial charge in [0.05, 0.1) is 4.47 Å². The van der Waals surface area contributed by atoms with E-state index in [9.17, 15) is 4.39 Å². The van der Waals surface area contributed by atoms with Crippen LogP contribution in [-0.4, -0.2) is 0 Å². The van der Waals surface area contributed by atoms with E-state index in [1.165, 1.54) is 6.07 Å². The van der Waals surface area contributed by atoms with Crippen molar-refractivity contribution in [1.29, 1.82) is 0 Å². The van der Waals surface area contributed by atoms with Crippen molar-refractivity contribution >= 4 is 15.9 Å². The molecule has 0 spiro atoms. The molecule has 0 heterocycles. The van der Waals surface area contributed by atoms with Crippen molar-refractivity contribution in [1.82, 2.24) is 0 Å². The van der Waals surface area contributed by atoms with Crippen molar-refractivity contribution in [3.63, 3.8) is 0 Å². The van der Waals surface area contributed by atoms with Gasteiger partial charge in [0.1, 0.15) is 18.2 Å². The SMILES string of the molecule is Fc1cccc(COc2ccccc2)c1Br. The van der Waals surface area contributed by atoms with Crippen LogP contribution >= 0.6 is 15.9 Å². The third-order valence-corrected chi connectivity index (χ3v) is 3.06. The standard InChI is InChI=1S/C13H10BrFO/c14-13-10(5-4-8-12(13)15)9-16-11-6-2-1-3-7-11/h1-8H,9H2. The van der Waals surface area contributed by atoms with Crippen LogP contribution < -0.4 is 4.74 Å². The molecular formula is C13H10BrFO. The van der Waals surface area contributed by atoms with Crippen LogP contribution in [0.25, 0.3) is 0 Å². The molecule has 1 nitrogen and oxygen atoms in total. The molecule has 0 amide bonds. The Morgan fingerprint density at radius 1 is 1.00 bits per heavy atom. The highest BCUT2D eigenvalue weighted by atomic mass is 79.9. The number of hydrogen-bond donors (Lipinski definition) is 0. The van der Waals surface area contributed by atoms with Gasteiger partial charge in [0.2, 0.25) is 0 Å². The molecule has 0 aliphatic heterocycles. The maximum Gasteiger partial charge on any atom is 0.137 e. The summed E-state index contributed by atoms with van der Waals surface area (Å²) in [6.45, 7) is 0.350. The summed E-state index contributed by atoms with van der Waals surface area (Å²) in [7, 11) is 0. The lowest BCUT2D eigenvalue weighted by atomic mass is 10.2. The quantitative estimate of drug-likeness (QED) is 0.820. The largest absolute Gasteiger partial charge is 0.489 e. The van der Waals surface area contributed by atoms with Gasteiger partial charge in [0.25, 0.3) is 0 Å². The van der Waals surface area contributed by atoms with E-state index in [-0.39, 0.29) is 5.82 Å². The van der Waals surface area contributed by atoms with Crippen LogP contribution in [0, 0.1) is 5.82 Å². The van der Waals surface area contributed by atoms with E-state index < -0.39 is 0 Å². The molecular weight excluding hydrogens is 271 g/mol. The average molecular weight is 281 g/mol. The summed E-state index contributed by atoms with van der Waals surface area (Å²) in [5.74, 6) is 0.507. The van der Waals surface area contributed by atoms with Gasteiger partial charge in [-0.2, -0.15) is 0 Å². The zero-order valence-electron chi connectivity index (χ0n) is 8.49. The van der Waals surface area contributed by atoms with Crippen LogP contribution in [0.1, 0.15) is 5.56 Å². The predicted octanol–water partition coefficient (Wildman–Crippen LogP) is 4.17. The first-order valence-corrected chi connectivity index (χ1v) is 5.67. The Balaban J connectivity index is 2.08. The third-order valence-electron chi connectivity index (χ3n) is 2.17. The molecule has 0 aromatic heterocycles. The molecule has 2 aromatic rings. The zero-order chi connectivity index (χ0) is 11.4. The van der Waals surface area contributed by atoms with Crippen molar-refractivity contribution in [2.75, 3.05) is 0 Å². The molecule has 0 aliphatic rings. The number of rotatable bonds is 3. The van der Waals surface area contributed by atoms with Gasteiger partial charge in [-0.25, -0.2) is 4.39 Å². The van der Waals surface area contributed by atoms with E-state index in [0.29, 0.717) is 11.1 Å². The second kappa shape index (κ2) is 5.12. The average Bonchev–Trinajstić information content (AvgIpc) is 2.32. The lowest BCUT2D eigenvalue weighted by Crippen LogP contribution is -1.97. The summed E-state index contributed by atoms with van der Waals surface area (Å²) < 4.78 is 19.2. The van der Waals surface area contributed by atoms with Crippen LogP contribution in [0.2, 0.25) is 0 Å². The van der Waals surface area contributed by atoms with Crippen LogP contribution in [-0.2, 0) is 6.61 Å². The Hall–Kier alpha value is -1.35. The Labute approximate surface area is 102 Å². The first kappa shape index (κ1) is 11.1. The molecule has 0 saturated carbocycles. The molecule has 16 heavy (non-hydrogen) atoms. The molecule has 0 aliphatic carbocycles. The van der Waals surface area contributed by atoms with E-state index >= 15 is 0 Å². The molecule has 82 valence electrons. The van der Waals surface area contributed by atoms with E-state index in [4.69, 9.17) is 4.74 Å². The van der Waals surface area contributed by atoms with E-state index in [0.717, 1.165) is 11.3 Å². The van der Waals surface area contributed by atoms with Crippen molar-refractivity contribution < 1.29 is 9.13 Å². The minimum absolute atomic E-state index is 0.269. The van der Waals surface area contributed by atoms with Gasteiger partial charge >= 0.3 is 0 Å². The van der Waals surface area contributed by atoms with Gasteiger partial charge in [0.15, 0.2) is 0 Å². The fourth-order valence-electron chi connectivity index (χ4n) is 1.34. The van der Waals surface area contributed by atoms with Gasteiger partial charge in [0, 0.05) is 5.56 Å². The molecule has 0 N–H and O–H groups in total. The fraction of sp³-hybridized carbons (Fsp3) is 0.0769. The van der Waals surface area contributed by atoms with Gasteiger partial charge in [-0.1, -0.05) is 30.3 Å². The zero-order valence-corrected chi connectivity index (χ0v) is 10.1. The second-order valence-corrected chi connectivity index (χ2v) is 4.11. The second-order valence-electron chi connectivity index (χ2n) is 3.31. The number of benzene rings is 2. The lowest BCUT2D eigenvalue weighted by molar-refractivity contribution is 0.304. The minimum Gasteiger partial charge on any atom is -0.489 e. The Bertz CT molecular complexity index is 471. The van der Waals surface area contributed by atoms with E-state index in [1.807, 2.05) is 36.4 Å². The summed E-state index contributed by atoms with van der Waals surface area (Å²) in [5, 5.41) is 0. The Morgan fingerprint density at radius 3 is 2.50 bits per heavy atom. The molecule has 2 aromatic carbocycles. The molecule has 0 fully saturated rings. The molecule has 0 atom stereocenters. The van der Waals surface area contributed by atoms with Gasteiger partial charge in [-0.15, -0.1) is 0 Å². The van der Waals surface area contributed by atoms with Crippen LogP contribution in [0.15, 0.2) is 53.0 Å². The van der Waals surface area contributed by atoms with Gasteiger partial charge in [-0.05, 0) is 34.1 Å². The van der Waals surface area contributed by atoms with E-state index in [2.05, 4.69) is 15.9 Å². The van der Waals surface area contributed by atoms with Gasteiger partial charge in [-0.3, -0.25) is 0 Å². The lowest BCUT2D eigenvalue weighted by Gasteiger charge is -2.07. The smallest absolute Gasteiger partial charge is 0.137 e. The number of halogens is 2. The number of ether oxygens (including phenoxy) is 1. The van der Waals surface area contributed by atoms with Crippen molar-refractivity contribution in [3.8, 4) is 5.75 Å². The summed E-state index contributed by atoms with van der Waals surface area (Å²) in [6.07, 6.45) is 0. The van der Waals surface area contributed by atoms with Crippen LogP contribution in [0.3, 0.4) is 0 Å². The molecule has 0 bridgehead atoms. The molecule has 0 unspecified atom stereocenters. The van der Waals surface area contributed by atoms with E-state index in [1.54, 1.807) is 6.07 Å². The topological polar surface area (TPSA) is 9.23 Å². The first-order chi connectivity index (χ1) is 7.77. The normalized spacial score (nSPS) is 10.1. The molecule has 0 radical (unpaired) electrons. The Morgan fingerprint density at radius 2 is 1.75 bits per heavy atom. The maximum atomic E-state index is 13.2. The van der Waals surface area contributed by atoms with Crippen LogP contribution in [0.5, 0.6) is 5.75 Å². The summed E-state index contributed by atoms with van der Waals surface area (Å²) in [4.78, 5) is 0. The highest BCUT2D eigenvalue weighted by Gasteiger charge is 2.05. The van der Waals surface area contributed by atoms with Crippen molar-refractivity contribution in [2.24, 2.45) is 0 Å². The van der Waals surface area contributed by atoms with Crippen molar-refractivity contribution in [3.05, 3.63) is 64.4 Å². The highest BCUT2D eigenvalue weighted by molar-refractivity contribution is 9.10. The van der Waals surface area contributed by atoms with Gasteiger partial charge < -0.3 is 4.74 Å². The summed E-state index contributed by atoms with van der Waals surface area (Å²) >= 11 is 3.20. The number of hydrogen-bond acceptors (Lipinski definition) is 1.